The second-order valence-corrected chi connectivity index (χ2v) is 7.77. The molecule has 1 amide bonds. The number of benzene rings is 1. The summed E-state index contributed by atoms with van der Waals surface area (Å²) in [4.78, 5) is 18.8. The number of carbonyl (C=O) groups is 1. The Balaban J connectivity index is 1.26. The van der Waals surface area contributed by atoms with Crippen LogP contribution in [0.25, 0.3) is 11.4 Å². The van der Waals surface area contributed by atoms with E-state index in [4.69, 9.17) is 21.9 Å². The molecule has 1 aliphatic carbocycles. The molecule has 7 heteroatoms. The lowest BCUT2D eigenvalue weighted by molar-refractivity contribution is -0.130. The molecule has 26 heavy (non-hydrogen) atoms. The van der Waals surface area contributed by atoms with Crippen molar-refractivity contribution in [1.29, 1.82) is 0 Å². The summed E-state index contributed by atoms with van der Waals surface area (Å²) in [5.74, 6) is 2.42. The quantitative estimate of drug-likeness (QED) is 0.869. The van der Waals surface area contributed by atoms with E-state index < -0.39 is 0 Å². The number of nitrogens with zero attached hydrogens (tertiary/aromatic N) is 3. The number of nitrogens with two attached hydrogens (primary N) is 1. The Morgan fingerprint density at radius 3 is 2.85 bits per heavy atom. The summed E-state index contributed by atoms with van der Waals surface area (Å²) in [5.41, 5.74) is 7.01. The number of rotatable bonds is 5. The zero-order chi connectivity index (χ0) is 18.1. The van der Waals surface area contributed by atoms with E-state index in [1.54, 1.807) is 12.1 Å². The van der Waals surface area contributed by atoms with Gasteiger partial charge in [0.2, 0.25) is 17.6 Å². The molecule has 1 aromatic heterocycles. The molecule has 6 nitrogen and oxygen atoms in total. The number of amides is 1. The van der Waals surface area contributed by atoms with Gasteiger partial charge in [-0.25, -0.2) is 0 Å². The van der Waals surface area contributed by atoms with Crippen molar-refractivity contribution in [1.82, 2.24) is 15.0 Å². The predicted octanol–water partition coefficient (Wildman–Crippen LogP) is 2.91. The zero-order valence-corrected chi connectivity index (χ0v) is 15.4. The average molecular weight is 375 g/mol. The van der Waals surface area contributed by atoms with Gasteiger partial charge >= 0.3 is 0 Å². The molecule has 3 unspecified atom stereocenters. The van der Waals surface area contributed by atoms with Crippen LogP contribution >= 0.6 is 11.6 Å². The summed E-state index contributed by atoms with van der Waals surface area (Å²) in [7, 11) is 0. The van der Waals surface area contributed by atoms with E-state index in [9.17, 15) is 4.79 Å². The number of hydrogen-bond acceptors (Lipinski definition) is 5. The van der Waals surface area contributed by atoms with Crippen molar-refractivity contribution >= 4 is 17.5 Å². The minimum atomic E-state index is 0.212. The van der Waals surface area contributed by atoms with Crippen molar-refractivity contribution < 1.29 is 9.32 Å². The lowest BCUT2D eigenvalue weighted by atomic mass is 9.98. The van der Waals surface area contributed by atoms with E-state index in [-0.39, 0.29) is 11.9 Å². The SMILES string of the molecule is NC1CCC2CN(C(=O)CCCc3nc(-c4ccc(Cl)cc4)no3)CC12. The maximum atomic E-state index is 12.4. The molecule has 2 N–H and O–H groups in total. The number of fused-ring (bicyclic) bond motifs is 1. The molecule has 2 aliphatic rings. The van der Waals surface area contributed by atoms with Gasteiger partial charge in [0.25, 0.3) is 0 Å². The molecule has 1 aromatic carbocycles. The molecule has 2 heterocycles. The van der Waals surface area contributed by atoms with Gasteiger partial charge in [-0.1, -0.05) is 16.8 Å². The van der Waals surface area contributed by atoms with Gasteiger partial charge in [-0.15, -0.1) is 0 Å². The maximum Gasteiger partial charge on any atom is 0.226 e. The van der Waals surface area contributed by atoms with Crippen molar-refractivity contribution in [2.45, 2.75) is 38.1 Å². The fourth-order valence-corrected chi connectivity index (χ4v) is 4.26. The van der Waals surface area contributed by atoms with Crippen LogP contribution in [0.1, 0.15) is 31.6 Å². The molecule has 1 aliphatic heterocycles. The summed E-state index contributed by atoms with van der Waals surface area (Å²) in [6.07, 6.45) is 4.08. The van der Waals surface area contributed by atoms with E-state index in [2.05, 4.69) is 10.1 Å². The molecule has 3 atom stereocenters. The highest BCUT2D eigenvalue weighted by molar-refractivity contribution is 6.30. The highest BCUT2D eigenvalue weighted by Crippen LogP contribution is 2.37. The monoisotopic (exact) mass is 374 g/mol. The van der Waals surface area contributed by atoms with Crippen molar-refractivity contribution in [2.75, 3.05) is 13.1 Å². The minimum Gasteiger partial charge on any atom is -0.342 e. The summed E-state index contributed by atoms with van der Waals surface area (Å²) >= 11 is 5.89. The fraction of sp³-hybridized carbons (Fsp3) is 0.526. The molecule has 1 saturated carbocycles. The minimum absolute atomic E-state index is 0.212. The summed E-state index contributed by atoms with van der Waals surface area (Å²) in [6, 6.07) is 7.57. The predicted molar refractivity (Wildman–Crippen MR) is 98.5 cm³/mol. The Kier molecular flexibility index (Phi) is 4.96. The normalized spacial score (nSPS) is 24.8. The lowest BCUT2D eigenvalue weighted by Gasteiger charge is -2.18. The van der Waals surface area contributed by atoms with Crippen LogP contribution in [0.15, 0.2) is 28.8 Å². The van der Waals surface area contributed by atoms with Gasteiger partial charge in [0.1, 0.15) is 0 Å². The topological polar surface area (TPSA) is 85.2 Å². The van der Waals surface area contributed by atoms with Gasteiger partial charge in [0.05, 0.1) is 0 Å². The van der Waals surface area contributed by atoms with E-state index in [0.717, 1.165) is 31.5 Å². The van der Waals surface area contributed by atoms with Crippen LogP contribution in [0.4, 0.5) is 0 Å². The second-order valence-electron chi connectivity index (χ2n) is 7.34. The van der Waals surface area contributed by atoms with E-state index in [0.29, 0.717) is 47.8 Å². The number of aryl methyl sites for hydroxylation is 1. The molecule has 4 rings (SSSR count). The summed E-state index contributed by atoms with van der Waals surface area (Å²) in [6.45, 7) is 1.70. The van der Waals surface area contributed by atoms with Gasteiger partial charge in [-0.05, 0) is 55.4 Å². The van der Waals surface area contributed by atoms with Crippen LogP contribution in [-0.2, 0) is 11.2 Å². The molecule has 0 radical (unpaired) electrons. The average Bonchev–Trinajstić information content (AvgIpc) is 3.33. The summed E-state index contributed by atoms with van der Waals surface area (Å²) in [5, 5.41) is 4.67. The number of hydrogen-bond donors (Lipinski definition) is 1. The number of halogens is 1. The van der Waals surface area contributed by atoms with Crippen LogP contribution < -0.4 is 5.73 Å². The van der Waals surface area contributed by atoms with Crippen molar-refractivity contribution in [3.63, 3.8) is 0 Å². The molecule has 0 bridgehead atoms. The van der Waals surface area contributed by atoms with Crippen molar-refractivity contribution in [3.8, 4) is 11.4 Å². The van der Waals surface area contributed by atoms with Crippen LogP contribution in [0.2, 0.25) is 5.02 Å². The third-order valence-corrected chi connectivity index (χ3v) is 5.87. The third-order valence-electron chi connectivity index (χ3n) is 5.62. The Labute approximate surface area is 157 Å². The van der Waals surface area contributed by atoms with Gasteiger partial charge < -0.3 is 15.2 Å². The van der Waals surface area contributed by atoms with Gasteiger partial charge in [-0.2, -0.15) is 4.98 Å². The van der Waals surface area contributed by atoms with Crippen LogP contribution in [0.5, 0.6) is 0 Å². The van der Waals surface area contributed by atoms with E-state index in [1.807, 2.05) is 17.0 Å². The molecule has 138 valence electrons. The molecule has 1 saturated heterocycles. The Morgan fingerprint density at radius 1 is 1.27 bits per heavy atom. The largest absolute Gasteiger partial charge is 0.342 e. The van der Waals surface area contributed by atoms with Crippen LogP contribution in [0, 0.1) is 11.8 Å². The first-order valence-corrected chi connectivity index (χ1v) is 9.60. The Bertz CT molecular complexity index is 776. The van der Waals surface area contributed by atoms with E-state index in [1.165, 1.54) is 0 Å². The molecule has 2 fully saturated rings. The van der Waals surface area contributed by atoms with Gasteiger partial charge in [-0.3, -0.25) is 4.79 Å². The highest BCUT2D eigenvalue weighted by atomic mass is 35.5. The van der Waals surface area contributed by atoms with Crippen LogP contribution in [0.3, 0.4) is 0 Å². The number of carbonyl (C=O) groups excluding carboxylic acids is 1. The number of likely N-dealkylation sites (tertiary alicyclic amines) is 1. The first-order chi connectivity index (χ1) is 12.6. The smallest absolute Gasteiger partial charge is 0.226 e. The maximum absolute atomic E-state index is 12.4. The molecular formula is C19H23ClN4O2. The van der Waals surface area contributed by atoms with Gasteiger partial charge in [0, 0.05) is 42.6 Å². The molecule has 0 spiro atoms. The van der Waals surface area contributed by atoms with Gasteiger partial charge in [0.15, 0.2) is 0 Å². The fourth-order valence-electron chi connectivity index (χ4n) is 4.13. The molecule has 2 aromatic rings. The Hall–Kier alpha value is -1.92. The first-order valence-electron chi connectivity index (χ1n) is 9.22. The highest BCUT2D eigenvalue weighted by Gasteiger charge is 2.42. The number of aromatic nitrogens is 2. The van der Waals surface area contributed by atoms with Crippen molar-refractivity contribution in [2.24, 2.45) is 17.6 Å². The second kappa shape index (κ2) is 7.37. The van der Waals surface area contributed by atoms with Crippen LogP contribution in [-0.4, -0.2) is 40.1 Å². The lowest BCUT2D eigenvalue weighted by Crippen LogP contribution is -2.33. The first kappa shape index (κ1) is 17.5. The Morgan fingerprint density at radius 2 is 2.08 bits per heavy atom. The summed E-state index contributed by atoms with van der Waals surface area (Å²) < 4.78 is 5.30. The third kappa shape index (κ3) is 3.62. The molecular weight excluding hydrogens is 352 g/mol. The standard InChI is InChI=1S/C19H23ClN4O2/c20-14-7-4-12(5-8-14)19-22-17(26-23-19)2-1-3-18(25)24-10-13-6-9-16(21)15(13)11-24/h4-5,7-8,13,15-16H,1-3,6,9-11,21H2. The van der Waals surface area contributed by atoms with Crippen molar-refractivity contribution in [3.05, 3.63) is 35.2 Å². The zero-order valence-electron chi connectivity index (χ0n) is 14.6. The van der Waals surface area contributed by atoms with E-state index >= 15 is 0 Å².